The Morgan fingerprint density at radius 3 is 2.35 bits per heavy atom. The molecule has 8 atom stereocenters. The van der Waals surface area contributed by atoms with Crippen LogP contribution in [0, 0.1) is 0 Å². The number of methoxy groups -OCH3 is 2. The first kappa shape index (κ1) is 19.1. The predicted molar refractivity (Wildman–Crippen MR) is 84.1 cm³/mol. The maximum atomic E-state index is 9.70. The van der Waals surface area contributed by atoms with Gasteiger partial charge in [-0.2, -0.15) is 0 Å². The van der Waals surface area contributed by atoms with Crippen LogP contribution in [0.15, 0.2) is 0 Å². The van der Waals surface area contributed by atoms with E-state index in [1.54, 1.807) is 14.2 Å². The largest absolute Gasteiger partial charge is 0.380 e. The number of aliphatic hydroxyl groups excluding tert-OH is 1. The molecule has 7 heteroatoms. The van der Waals surface area contributed by atoms with Crippen molar-refractivity contribution in [2.45, 2.75) is 82.8 Å². The van der Waals surface area contributed by atoms with E-state index in [0.717, 1.165) is 6.54 Å². The normalized spacial score (nSPS) is 45.1. The van der Waals surface area contributed by atoms with Gasteiger partial charge in [0.25, 0.3) is 0 Å². The van der Waals surface area contributed by atoms with Gasteiger partial charge in [0.2, 0.25) is 0 Å². The lowest BCUT2D eigenvalue weighted by Crippen LogP contribution is -2.57. The Labute approximate surface area is 138 Å². The molecule has 0 aromatic rings. The second-order valence-corrected chi connectivity index (χ2v) is 6.27. The Bertz CT molecular complexity index is 357. The molecule has 2 aliphatic rings. The third-order valence-electron chi connectivity index (χ3n) is 4.69. The standard InChI is InChI=1S/C16H31NO6/c1-6-17-15-9(2)22-14(8-11(15)19-4)23-16-10(3)21-13(18)7-12(16)20-5/h9-18H,6-8H2,1-5H3/t9-,10-,11-,12-,13+,14-,15-,16-/m0/s1. The van der Waals surface area contributed by atoms with Crippen LogP contribution in [0.2, 0.25) is 0 Å². The van der Waals surface area contributed by atoms with E-state index in [-0.39, 0.29) is 42.9 Å². The van der Waals surface area contributed by atoms with Crippen LogP contribution in [0.4, 0.5) is 0 Å². The summed E-state index contributed by atoms with van der Waals surface area (Å²) in [5.41, 5.74) is 0. The molecule has 2 heterocycles. The average Bonchev–Trinajstić information content (AvgIpc) is 2.51. The van der Waals surface area contributed by atoms with Crippen molar-refractivity contribution in [2.75, 3.05) is 20.8 Å². The van der Waals surface area contributed by atoms with Crippen LogP contribution in [0.1, 0.15) is 33.6 Å². The molecule has 0 amide bonds. The Morgan fingerprint density at radius 2 is 1.74 bits per heavy atom. The highest BCUT2D eigenvalue weighted by molar-refractivity contribution is 4.89. The summed E-state index contributed by atoms with van der Waals surface area (Å²) in [5, 5.41) is 13.1. The second kappa shape index (κ2) is 8.71. The lowest BCUT2D eigenvalue weighted by atomic mass is 9.98. The lowest BCUT2D eigenvalue weighted by Gasteiger charge is -2.44. The SMILES string of the molecule is CCN[C@H]1[C@H](C)O[C@@H](O[C@H]2[C@H](C)O[C@@H](O)C[C@@H]2OC)C[C@@H]1OC. The van der Waals surface area contributed by atoms with Gasteiger partial charge in [-0.3, -0.25) is 0 Å². The molecule has 7 nitrogen and oxygen atoms in total. The van der Waals surface area contributed by atoms with Gasteiger partial charge in [0, 0.05) is 27.1 Å². The fourth-order valence-corrected chi connectivity index (χ4v) is 3.50. The molecule has 136 valence electrons. The van der Waals surface area contributed by atoms with Crippen LogP contribution < -0.4 is 5.32 Å². The van der Waals surface area contributed by atoms with Gasteiger partial charge < -0.3 is 34.1 Å². The number of aliphatic hydroxyl groups is 1. The zero-order chi connectivity index (χ0) is 17.0. The van der Waals surface area contributed by atoms with Crippen LogP contribution >= 0.6 is 0 Å². The van der Waals surface area contributed by atoms with Crippen LogP contribution in [-0.2, 0) is 23.7 Å². The maximum Gasteiger partial charge on any atom is 0.161 e. The Morgan fingerprint density at radius 1 is 1.04 bits per heavy atom. The van der Waals surface area contributed by atoms with Gasteiger partial charge in [-0.15, -0.1) is 0 Å². The lowest BCUT2D eigenvalue weighted by molar-refractivity contribution is -0.301. The number of rotatable bonds is 6. The molecule has 0 aliphatic carbocycles. The highest BCUT2D eigenvalue weighted by Gasteiger charge is 2.42. The third kappa shape index (κ3) is 4.63. The zero-order valence-electron chi connectivity index (χ0n) is 14.7. The summed E-state index contributed by atoms with van der Waals surface area (Å²) in [6, 6.07) is 0.143. The minimum absolute atomic E-state index is 0.0231. The Hall–Kier alpha value is -0.280. The van der Waals surface area contributed by atoms with Crippen molar-refractivity contribution in [3.63, 3.8) is 0 Å². The molecule has 23 heavy (non-hydrogen) atoms. The van der Waals surface area contributed by atoms with E-state index in [1.807, 2.05) is 13.8 Å². The van der Waals surface area contributed by atoms with Crippen LogP contribution in [0.25, 0.3) is 0 Å². The molecule has 2 fully saturated rings. The third-order valence-corrected chi connectivity index (χ3v) is 4.69. The van der Waals surface area contributed by atoms with E-state index in [9.17, 15) is 5.11 Å². The number of ether oxygens (including phenoxy) is 5. The summed E-state index contributed by atoms with van der Waals surface area (Å²) < 4.78 is 28.7. The second-order valence-electron chi connectivity index (χ2n) is 6.27. The first-order valence-corrected chi connectivity index (χ1v) is 8.43. The van der Waals surface area contributed by atoms with Gasteiger partial charge in [0.05, 0.1) is 30.5 Å². The zero-order valence-corrected chi connectivity index (χ0v) is 14.7. The quantitative estimate of drug-likeness (QED) is 0.738. The van der Waals surface area contributed by atoms with Gasteiger partial charge in [-0.05, 0) is 20.4 Å². The van der Waals surface area contributed by atoms with Crippen molar-refractivity contribution in [3.05, 3.63) is 0 Å². The van der Waals surface area contributed by atoms with E-state index in [2.05, 4.69) is 12.2 Å². The van der Waals surface area contributed by atoms with Gasteiger partial charge in [-0.1, -0.05) is 6.92 Å². The average molecular weight is 333 g/mol. The molecule has 0 spiro atoms. The van der Waals surface area contributed by atoms with Crippen molar-refractivity contribution in [1.29, 1.82) is 0 Å². The monoisotopic (exact) mass is 333 g/mol. The van der Waals surface area contributed by atoms with Crippen molar-refractivity contribution >= 4 is 0 Å². The number of hydrogen-bond acceptors (Lipinski definition) is 7. The van der Waals surface area contributed by atoms with Crippen molar-refractivity contribution < 1.29 is 28.8 Å². The Kier molecular flexibility index (Phi) is 7.21. The number of nitrogens with one attached hydrogen (secondary N) is 1. The molecule has 0 unspecified atom stereocenters. The minimum Gasteiger partial charge on any atom is -0.380 e. The van der Waals surface area contributed by atoms with E-state index < -0.39 is 6.29 Å². The molecule has 0 bridgehead atoms. The molecule has 0 aromatic heterocycles. The minimum atomic E-state index is -0.814. The van der Waals surface area contributed by atoms with Gasteiger partial charge >= 0.3 is 0 Å². The topological polar surface area (TPSA) is 78.4 Å². The molecule has 2 N–H and O–H groups in total. The van der Waals surface area contributed by atoms with E-state index in [4.69, 9.17) is 23.7 Å². The van der Waals surface area contributed by atoms with Crippen LogP contribution in [-0.4, -0.2) is 75.0 Å². The summed E-state index contributed by atoms with van der Waals surface area (Å²) in [6.07, 6.45) is -0.939. The molecule has 0 aromatic carbocycles. The first-order chi connectivity index (χ1) is 11.0. The first-order valence-electron chi connectivity index (χ1n) is 8.43. The van der Waals surface area contributed by atoms with E-state index >= 15 is 0 Å². The van der Waals surface area contributed by atoms with E-state index in [0.29, 0.717) is 12.8 Å². The predicted octanol–water partition coefficient (Wildman–Crippen LogP) is 0.642. The molecule has 2 aliphatic heterocycles. The molecule has 0 radical (unpaired) electrons. The summed E-state index contributed by atoms with van der Waals surface area (Å²) in [6.45, 7) is 6.83. The number of hydrogen-bond donors (Lipinski definition) is 2. The van der Waals surface area contributed by atoms with Crippen LogP contribution in [0.3, 0.4) is 0 Å². The molecule has 0 saturated carbocycles. The fraction of sp³-hybridized carbons (Fsp3) is 1.00. The highest BCUT2D eigenvalue weighted by atomic mass is 16.7. The molecular weight excluding hydrogens is 302 g/mol. The van der Waals surface area contributed by atoms with Gasteiger partial charge in [0.15, 0.2) is 12.6 Å². The summed E-state index contributed by atoms with van der Waals surface area (Å²) in [7, 11) is 3.33. The number of likely N-dealkylation sites (N-methyl/N-ethyl adjacent to an activating group) is 1. The smallest absolute Gasteiger partial charge is 0.161 e. The van der Waals surface area contributed by atoms with Crippen LogP contribution in [0.5, 0.6) is 0 Å². The van der Waals surface area contributed by atoms with Gasteiger partial charge in [0.1, 0.15) is 6.10 Å². The summed E-state index contributed by atoms with van der Waals surface area (Å²) in [5.74, 6) is 0. The van der Waals surface area contributed by atoms with Gasteiger partial charge in [-0.25, -0.2) is 0 Å². The Balaban J connectivity index is 1.99. The fourth-order valence-electron chi connectivity index (χ4n) is 3.50. The van der Waals surface area contributed by atoms with Crippen molar-refractivity contribution in [3.8, 4) is 0 Å². The highest BCUT2D eigenvalue weighted by Crippen LogP contribution is 2.29. The summed E-state index contributed by atoms with van der Waals surface area (Å²) >= 11 is 0. The van der Waals surface area contributed by atoms with Crippen molar-refractivity contribution in [1.82, 2.24) is 5.32 Å². The molecular formula is C16H31NO6. The van der Waals surface area contributed by atoms with E-state index in [1.165, 1.54) is 0 Å². The maximum absolute atomic E-state index is 9.70. The van der Waals surface area contributed by atoms with Crippen molar-refractivity contribution in [2.24, 2.45) is 0 Å². The molecule has 2 saturated heterocycles. The molecule has 2 rings (SSSR count). The summed E-state index contributed by atoms with van der Waals surface area (Å²) in [4.78, 5) is 0.